The van der Waals surface area contributed by atoms with Gasteiger partial charge in [0.2, 0.25) is 0 Å². The molecule has 0 radical (unpaired) electrons. The molecule has 0 saturated heterocycles. The molecule has 2 aliphatic heterocycles. The van der Waals surface area contributed by atoms with Crippen molar-refractivity contribution in [2.24, 2.45) is 0 Å². The van der Waals surface area contributed by atoms with E-state index in [1.54, 1.807) is 0 Å². The first-order chi connectivity index (χ1) is 29.3. The molecule has 0 atom stereocenters. The van der Waals surface area contributed by atoms with Crippen molar-refractivity contribution in [1.82, 2.24) is 13.7 Å². The fraction of sp³-hybridized carbons (Fsp3) is 0. The number of rotatable bonds is 3. The lowest BCUT2D eigenvalue weighted by atomic mass is 9.33. The van der Waals surface area contributed by atoms with Gasteiger partial charge in [0.05, 0.1) is 39.0 Å². The molecule has 5 heterocycles. The predicted octanol–water partition coefficient (Wildman–Crippen LogP) is 11.6. The summed E-state index contributed by atoms with van der Waals surface area (Å²) in [6.45, 7) is 0.0193. The van der Waals surface area contributed by atoms with Crippen molar-refractivity contribution in [3.05, 3.63) is 200 Å². The van der Waals surface area contributed by atoms with Crippen molar-refractivity contribution >= 4 is 106 Å². The zero-order valence-corrected chi connectivity index (χ0v) is 31.9. The Hall–Kier alpha value is -7.76. The lowest BCUT2D eigenvalue weighted by Gasteiger charge is -2.41. The number of benzene rings is 9. The molecule has 0 amide bonds. The van der Waals surface area contributed by atoms with Crippen molar-refractivity contribution in [2.75, 3.05) is 4.90 Å². The SMILES string of the molecule is c1ccc(N2c3ccccc3B3c4c(ccc(-n5c6ccccc6c6ccccc65)c42)-n2c4c3cccc4c3ccc4c(c5ccccc5n4-c4ccccc4)c32)cc1. The molecule has 2 aliphatic rings. The highest BCUT2D eigenvalue weighted by Crippen LogP contribution is 2.47. The number of hydrogen-bond acceptors (Lipinski definition) is 1. The van der Waals surface area contributed by atoms with Gasteiger partial charge in [-0.05, 0) is 83.1 Å². The Balaban J connectivity index is 1.20. The molecule has 9 aromatic carbocycles. The van der Waals surface area contributed by atoms with Crippen molar-refractivity contribution in [3.8, 4) is 17.1 Å². The summed E-state index contributed by atoms with van der Waals surface area (Å²) in [6, 6.07) is 74.1. The van der Waals surface area contributed by atoms with Crippen molar-refractivity contribution in [2.45, 2.75) is 0 Å². The summed E-state index contributed by atoms with van der Waals surface area (Å²) >= 11 is 0. The first kappa shape index (κ1) is 31.3. The monoisotopic (exact) mass is 748 g/mol. The van der Waals surface area contributed by atoms with Gasteiger partial charge in [-0.25, -0.2) is 0 Å². The van der Waals surface area contributed by atoms with E-state index >= 15 is 0 Å². The number of fused-ring (bicyclic) bond motifs is 14. The summed E-state index contributed by atoms with van der Waals surface area (Å²) in [5.41, 5.74) is 18.5. The summed E-state index contributed by atoms with van der Waals surface area (Å²) in [6.07, 6.45) is 0. The van der Waals surface area contributed by atoms with E-state index in [1.807, 2.05) is 0 Å². The molecule has 0 fully saturated rings. The van der Waals surface area contributed by atoms with Crippen molar-refractivity contribution in [1.29, 1.82) is 0 Å². The van der Waals surface area contributed by atoms with Crippen LogP contribution in [0.2, 0.25) is 0 Å². The second-order valence-corrected chi connectivity index (χ2v) is 16.0. The van der Waals surface area contributed by atoms with E-state index in [1.165, 1.54) is 105 Å². The van der Waals surface area contributed by atoms with E-state index in [9.17, 15) is 0 Å². The third-order valence-corrected chi connectivity index (χ3v) is 13.2. The maximum Gasteiger partial charge on any atom is 0.252 e. The van der Waals surface area contributed by atoms with Crippen LogP contribution in [0.25, 0.3) is 82.5 Å². The number of anilines is 3. The summed E-state index contributed by atoms with van der Waals surface area (Å²) < 4.78 is 7.58. The fourth-order valence-electron chi connectivity index (χ4n) is 11.0. The average Bonchev–Trinajstić information content (AvgIpc) is 3.94. The van der Waals surface area contributed by atoms with Crippen LogP contribution in [0.3, 0.4) is 0 Å². The normalized spacial score (nSPS) is 13.0. The van der Waals surface area contributed by atoms with E-state index in [2.05, 4.69) is 219 Å². The number of aromatic nitrogens is 3. The fourth-order valence-corrected chi connectivity index (χ4v) is 11.0. The molecule has 3 aromatic heterocycles. The van der Waals surface area contributed by atoms with E-state index in [0.717, 1.165) is 11.4 Å². The smallest absolute Gasteiger partial charge is 0.252 e. The molecule has 0 unspecified atom stereocenters. The van der Waals surface area contributed by atoms with Crippen LogP contribution in [0.5, 0.6) is 0 Å². The van der Waals surface area contributed by atoms with Crippen LogP contribution in [-0.2, 0) is 0 Å². The third kappa shape index (κ3) is 3.94. The van der Waals surface area contributed by atoms with Gasteiger partial charge in [-0.1, -0.05) is 133 Å². The third-order valence-electron chi connectivity index (χ3n) is 13.2. The Labute approximate surface area is 340 Å². The minimum Gasteiger partial charge on any atom is -0.309 e. The summed E-state index contributed by atoms with van der Waals surface area (Å²) in [4.78, 5) is 2.54. The van der Waals surface area contributed by atoms with Gasteiger partial charge in [-0.3, -0.25) is 0 Å². The average molecular weight is 749 g/mol. The molecule has 0 bridgehead atoms. The van der Waals surface area contributed by atoms with E-state index < -0.39 is 0 Å². The Kier molecular flexibility index (Phi) is 6.07. The maximum absolute atomic E-state index is 2.63. The summed E-state index contributed by atoms with van der Waals surface area (Å²) in [5, 5.41) is 7.61. The standard InChI is InChI=1S/C54H33BN4/c1-3-16-34(17-4-1)56-45-28-13-9-22-40(45)50-47(56)31-30-39-38-23-15-25-42-52(38)59(53(39)50)48-32-33-49(58-43-26-11-7-20-36(43)37-21-8-12-27-44(37)58)54-51(48)55(42)41-24-10-14-29-46(41)57(54)35-18-5-2-6-19-35/h1-33H. The highest BCUT2D eigenvalue weighted by molar-refractivity contribution is 7.00. The number of para-hydroxylation sites is 7. The van der Waals surface area contributed by atoms with Crippen LogP contribution >= 0.6 is 0 Å². The van der Waals surface area contributed by atoms with Crippen LogP contribution in [0.15, 0.2) is 200 Å². The van der Waals surface area contributed by atoms with Crippen molar-refractivity contribution < 1.29 is 0 Å². The van der Waals surface area contributed by atoms with Gasteiger partial charge in [-0.15, -0.1) is 0 Å². The van der Waals surface area contributed by atoms with Gasteiger partial charge in [0.1, 0.15) is 0 Å². The molecule has 14 rings (SSSR count). The van der Waals surface area contributed by atoms with Crippen LogP contribution in [0.1, 0.15) is 0 Å². The molecule has 0 saturated carbocycles. The quantitative estimate of drug-likeness (QED) is 0.165. The predicted molar refractivity (Wildman–Crippen MR) is 249 cm³/mol. The molecule has 0 N–H and O–H groups in total. The van der Waals surface area contributed by atoms with E-state index in [4.69, 9.17) is 0 Å². The number of hydrogen-bond donors (Lipinski definition) is 0. The molecule has 12 aromatic rings. The van der Waals surface area contributed by atoms with E-state index in [-0.39, 0.29) is 6.71 Å². The second-order valence-electron chi connectivity index (χ2n) is 16.0. The van der Waals surface area contributed by atoms with Crippen molar-refractivity contribution in [3.63, 3.8) is 0 Å². The maximum atomic E-state index is 2.63. The Morgan fingerprint density at radius 3 is 1.61 bits per heavy atom. The molecule has 0 aliphatic carbocycles. The Bertz CT molecular complexity index is 3690. The highest BCUT2D eigenvalue weighted by atomic mass is 15.2. The topological polar surface area (TPSA) is 18.0 Å². The molecule has 4 nitrogen and oxygen atoms in total. The minimum absolute atomic E-state index is 0.0193. The number of nitrogens with zero attached hydrogens (tertiary/aromatic N) is 4. The van der Waals surface area contributed by atoms with Gasteiger partial charge >= 0.3 is 0 Å². The summed E-state index contributed by atoms with van der Waals surface area (Å²) in [5.74, 6) is 0. The lowest BCUT2D eigenvalue weighted by Crippen LogP contribution is -2.60. The van der Waals surface area contributed by atoms with Gasteiger partial charge in [0.25, 0.3) is 6.71 Å². The van der Waals surface area contributed by atoms with Gasteiger partial charge in [0.15, 0.2) is 0 Å². The first-order valence-corrected chi connectivity index (χ1v) is 20.5. The second kappa shape index (κ2) is 11.4. The van der Waals surface area contributed by atoms with Gasteiger partial charge < -0.3 is 18.6 Å². The Morgan fingerprint density at radius 2 is 0.864 bits per heavy atom. The molecule has 0 spiro atoms. The van der Waals surface area contributed by atoms with Crippen LogP contribution in [0, 0.1) is 0 Å². The summed E-state index contributed by atoms with van der Waals surface area (Å²) in [7, 11) is 0. The minimum atomic E-state index is 0.0193. The molecular formula is C54H33BN4. The van der Waals surface area contributed by atoms with Gasteiger partial charge in [-0.2, -0.15) is 0 Å². The lowest BCUT2D eigenvalue weighted by molar-refractivity contribution is 1.13. The van der Waals surface area contributed by atoms with Crippen LogP contribution in [-0.4, -0.2) is 20.4 Å². The molecule has 59 heavy (non-hydrogen) atoms. The molecule has 5 heteroatoms. The van der Waals surface area contributed by atoms with E-state index in [0.29, 0.717) is 0 Å². The highest BCUT2D eigenvalue weighted by Gasteiger charge is 2.43. The largest absolute Gasteiger partial charge is 0.309 e. The Morgan fingerprint density at radius 1 is 0.305 bits per heavy atom. The zero-order valence-electron chi connectivity index (χ0n) is 31.9. The van der Waals surface area contributed by atoms with Crippen LogP contribution in [0.4, 0.5) is 17.1 Å². The molecule has 272 valence electrons. The zero-order chi connectivity index (χ0) is 38.3. The molecular weight excluding hydrogens is 715 g/mol. The van der Waals surface area contributed by atoms with Crippen LogP contribution < -0.4 is 21.3 Å². The van der Waals surface area contributed by atoms with Gasteiger partial charge in [0, 0.05) is 60.6 Å². The first-order valence-electron chi connectivity index (χ1n) is 20.5.